The van der Waals surface area contributed by atoms with Gasteiger partial charge in [0, 0.05) is 6.42 Å². The maximum Gasteiger partial charge on any atom is 0.323 e. The van der Waals surface area contributed by atoms with Crippen LogP contribution in [0.1, 0.15) is 20.3 Å². The van der Waals surface area contributed by atoms with Crippen LogP contribution in [0.4, 0.5) is 0 Å². The fourth-order valence-electron chi connectivity index (χ4n) is 1.18. The van der Waals surface area contributed by atoms with Crippen molar-refractivity contribution in [3.63, 3.8) is 0 Å². The van der Waals surface area contributed by atoms with E-state index in [2.05, 4.69) is 5.32 Å². The van der Waals surface area contributed by atoms with Crippen molar-refractivity contribution in [1.29, 1.82) is 0 Å². The van der Waals surface area contributed by atoms with Crippen molar-refractivity contribution in [2.24, 2.45) is 0 Å². The van der Waals surface area contributed by atoms with E-state index >= 15 is 0 Å². The van der Waals surface area contributed by atoms with E-state index in [0.29, 0.717) is 0 Å². The number of esters is 1. The summed E-state index contributed by atoms with van der Waals surface area (Å²) in [4.78, 5) is 10.9. The third-order valence-corrected chi connectivity index (χ3v) is 1.71. The Morgan fingerprint density at radius 2 is 2.30 bits per heavy atom. The van der Waals surface area contributed by atoms with Gasteiger partial charge in [-0.1, -0.05) is 0 Å². The van der Waals surface area contributed by atoms with Crippen LogP contribution in [0.5, 0.6) is 0 Å². The second-order valence-corrected chi connectivity index (χ2v) is 3.23. The molecule has 0 amide bonds. The molecule has 0 aromatic rings. The fourth-order valence-corrected chi connectivity index (χ4v) is 1.18. The van der Waals surface area contributed by atoms with Gasteiger partial charge < -0.3 is 10.1 Å². The largest absolute Gasteiger partial charge is 0.458 e. The Morgan fingerprint density at radius 1 is 1.70 bits per heavy atom. The summed E-state index contributed by atoms with van der Waals surface area (Å²) in [6, 6.07) is -0.102. The predicted octanol–water partition coefficient (Wildman–Crippen LogP) is 0.300. The van der Waals surface area contributed by atoms with Crippen molar-refractivity contribution in [2.75, 3.05) is 7.05 Å². The average Bonchev–Trinajstić information content (AvgIpc) is 2.05. The molecule has 1 atom stereocenters. The molecule has 0 radical (unpaired) electrons. The van der Waals surface area contributed by atoms with Crippen LogP contribution in [0.25, 0.3) is 0 Å². The third kappa shape index (κ3) is 1.29. The Labute approximate surface area is 60.7 Å². The number of ether oxygens (including phenoxy) is 1. The van der Waals surface area contributed by atoms with Crippen LogP contribution in [0.15, 0.2) is 0 Å². The summed E-state index contributed by atoms with van der Waals surface area (Å²) in [6.45, 7) is 3.84. The minimum absolute atomic E-state index is 0.102. The van der Waals surface area contributed by atoms with Crippen molar-refractivity contribution in [3.8, 4) is 0 Å². The summed E-state index contributed by atoms with van der Waals surface area (Å²) in [5.74, 6) is -0.132. The first-order chi connectivity index (χ1) is 4.55. The molecule has 1 aliphatic rings. The number of hydrogen-bond donors (Lipinski definition) is 1. The standard InChI is InChI=1S/C7H13NO2/c1-7(2)4-5(8-3)6(9)10-7/h5,8H,4H2,1-3H3. The molecule has 0 aromatic carbocycles. The monoisotopic (exact) mass is 143 g/mol. The lowest BCUT2D eigenvalue weighted by Gasteiger charge is -2.14. The maximum atomic E-state index is 10.9. The highest BCUT2D eigenvalue weighted by Gasteiger charge is 2.38. The summed E-state index contributed by atoms with van der Waals surface area (Å²) in [5.41, 5.74) is -0.273. The van der Waals surface area contributed by atoms with Gasteiger partial charge in [0.1, 0.15) is 11.6 Å². The predicted molar refractivity (Wildman–Crippen MR) is 37.6 cm³/mol. The Kier molecular flexibility index (Phi) is 1.68. The van der Waals surface area contributed by atoms with Crippen molar-refractivity contribution in [1.82, 2.24) is 5.32 Å². The van der Waals surface area contributed by atoms with Crippen LogP contribution < -0.4 is 5.32 Å². The van der Waals surface area contributed by atoms with E-state index in [1.165, 1.54) is 0 Å². The minimum Gasteiger partial charge on any atom is -0.458 e. The number of carbonyl (C=O) groups is 1. The van der Waals surface area contributed by atoms with E-state index in [1.807, 2.05) is 13.8 Å². The molecule has 10 heavy (non-hydrogen) atoms. The molecule has 1 heterocycles. The average molecular weight is 143 g/mol. The Hall–Kier alpha value is -0.570. The van der Waals surface area contributed by atoms with Gasteiger partial charge in [-0.15, -0.1) is 0 Å². The zero-order chi connectivity index (χ0) is 7.78. The number of cyclic esters (lactones) is 1. The SMILES string of the molecule is CNC1CC(C)(C)OC1=O. The van der Waals surface area contributed by atoms with Gasteiger partial charge in [0.15, 0.2) is 0 Å². The summed E-state index contributed by atoms with van der Waals surface area (Å²) >= 11 is 0. The zero-order valence-corrected chi connectivity index (χ0v) is 6.60. The van der Waals surface area contributed by atoms with Gasteiger partial charge in [-0.05, 0) is 20.9 Å². The topological polar surface area (TPSA) is 38.3 Å². The summed E-state index contributed by atoms with van der Waals surface area (Å²) in [5, 5.41) is 2.89. The molecular weight excluding hydrogens is 130 g/mol. The summed E-state index contributed by atoms with van der Waals surface area (Å²) in [6.07, 6.45) is 0.766. The van der Waals surface area contributed by atoms with Gasteiger partial charge in [0.05, 0.1) is 0 Å². The quantitative estimate of drug-likeness (QED) is 0.536. The molecule has 0 aliphatic carbocycles. The van der Waals surface area contributed by atoms with E-state index in [-0.39, 0.29) is 17.6 Å². The van der Waals surface area contributed by atoms with Crippen LogP contribution in [0, 0.1) is 0 Å². The van der Waals surface area contributed by atoms with E-state index in [0.717, 1.165) is 6.42 Å². The molecule has 58 valence electrons. The first-order valence-corrected chi connectivity index (χ1v) is 3.45. The normalized spacial score (nSPS) is 30.3. The van der Waals surface area contributed by atoms with Gasteiger partial charge in [-0.25, -0.2) is 0 Å². The van der Waals surface area contributed by atoms with Crippen molar-refractivity contribution in [2.45, 2.75) is 31.9 Å². The van der Waals surface area contributed by atoms with Crippen LogP contribution >= 0.6 is 0 Å². The number of likely N-dealkylation sites (N-methyl/N-ethyl adjacent to an activating group) is 1. The van der Waals surface area contributed by atoms with Gasteiger partial charge in [0.25, 0.3) is 0 Å². The van der Waals surface area contributed by atoms with Crippen LogP contribution in [0.2, 0.25) is 0 Å². The number of rotatable bonds is 1. The van der Waals surface area contributed by atoms with E-state index < -0.39 is 0 Å². The number of nitrogens with one attached hydrogen (secondary N) is 1. The van der Waals surface area contributed by atoms with E-state index in [9.17, 15) is 4.79 Å². The molecule has 1 fully saturated rings. The molecule has 0 saturated carbocycles. The van der Waals surface area contributed by atoms with Crippen molar-refractivity contribution < 1.29 is 9.53 Å². The lowest BCUT2D eigenvalue weighted by Crippen LogP contribution is -2.29. The van der Waals surface area contributed by atoms with Gasteiger partial charge in [-0.3, -0.25) is 4.79 Å². The summed E-state index contributed by atoms with van der Waals surface area (Å²) < 4.78 is 5.05. The molecule has 0 bridgehead atoms. The fraction of sp³-hybridized carbons (Fsp3) is 0.857. The minimum atomic E-state index is -0.273. The maximum absolute atomic E-state index is 10.9. The van der Waals surface area contributed by atoms with Gasteiger partial charge in [0.2, 0.25) is 0 Å². The highest BCUT2D eigenvalue weighted by Crippen LogP contribution is 2.24. The molecule has 3 nitrogen and oxygen atoms in total. The lowest BCUT2D eigenvalue weighted by atomic mass is 10.0. The van der Waals surface area contributed by atoms with Crippen molar-refractivity contribution >= 4 is 5.97 Å². The third-order valence-electron chi connectivity index (χ3n) is 1.71. The Bertz CT molecular complexity index is 154. The lowest BCUT2D eigenvalue weighted by molar-refractivity contribution is -0.147. The molecule has 1 rings (SSSR count). The Morgan fingerprint density at radius 3 is 2.50 bits per heavy atom. The molecule has 1 unspecified atom stereocenters. The Balaban J connectivity index is 2.61. The van der Waals surface area contributed by atoms with E-state index in [4.69, 9.17) is 4.74 Å². The molecule has 3 heteroatoms. The van der Waals surface area contributed by atoms with Crippen molar-refractivity contribution in [3.05, 3.63) is 0 Å². The molecular formula is C7H13NO2. The molecule has 1 aliphatic heterocycles. The van der Waals surface area contributed by atoms with Crippen LogP contribution in [0.3, 0.4) is 0 Å². The van der Waals surface area contributed by atoms with Crippen LogP contribution in [-0.4, -0.2) is 24.7 Å². The molecule has 0 spiro atoms. The van der Waals surface area contributed by atoms with Gasteiger partial charge in [-0.2, -0.15) is 0 Å². The van der Waals surface area contributed by atoms with E-state index in [1.54, 1.807) is 7.05 Å². The molecule has 0 aromatic heterocycles. The number of hydrogen-bond acceptors (Lipinski definition) is 3. The number of carbonyl (C=O) groups excluding carboxylic acids is 1. The highest BCUT2D eigenvalue weighted by atomic mass is 16.6. The molecule has 1 saturated heterocycles. The smallest absolute Gasteiger partial charge is 0.323 e. The van der Waals surface area contributed by atoms with Crippen LogP contribution in [-0.2, 0) is 9.53 Å². The van der Waals surface area contributed by atoms with Gasteiger partial charge >= 0.3 is 5.97 Å². The second kappa shape index (κ2) is 2.23. The highest BCUT2D eigenvalue weighted by molar-refractivity contribution is 5.78. The second-order valence-electron chi connectivity index (χ2n) is 3.23. The zero-order valence-electron chi connectivity index (χ0n) is 6.60. The molecule has 1 N–H and O–H groups in total. The summed E-state index contributed by atoms with van der Waals surface area (Å²) in [7, 11) is 1.77. The first-order valence-electron chi connectivity index (χ1n) is 3.45. The first kappa shape index (κ1) is 7.54.